The number of urea groups is 1. The first-order valence-electron chi connectivity index (χ1n) is 16.8. The van der Waals surface area contributed by atoms with Crippen LogP contribution >= 0.6 is 0 Å². The maximum atomic E-state index is 14.1. The molecule has 4 aromatic heterocycles. The number of fused-ring (bicyclic) bond motifs is 4. The molecule has 5 aromatic rings. The van der Waals surface area contributed by atoms with Gasteiger partial charge in [0.2, 0.25) is 0 Å². The van der Waals surface area contributed by atoms with Crippen molar-refractivity contribution in [2.24, 2.45) is 11.7 Å². The van der Waals surface area contributed by atoms with Crippen molar-refractivity contribution in [1.82, 2.24) is 29.2 Å². The van der Waals surface area contributed by atoms with E-state index in [2.05, 4.69) is 21.3 Å². The minimum Gasteiger partial charge on any atom is -0.482 e. The van der Waals surface area contributed by atoms with Crippen LogP contribution < -0.4 is 21.1 Å². The van der Waals surface area contributed by atoms with E-state index >= 15 is 0 Å². The molecule has 8 rings (SSSR count). The fourth-order valence-electron chi connectivity index (χ4n) is 7.64. The Balaban J connectivity index is 1.13. The van der Waals surface area contributed by atoms with Gasteiger partial charge in [-0.3, -0.25) is 9.20 Å². The highest BCUT2D eigenvalue weighted by Gasteiger charge is 2.47. The highest BCUT2D eigenvalue weighted by Crippen LogP contribution is 2.40. The molecule has 1 unspecified atom stereocenters. The maximum absolute atomic E-state index is 14.1. The molecule has 49 heavy (non-hydrogen) atoms. The van der Waals surface area contributed by atoms with Gasteiger partial charge < -0.3 is 30.6 Å². The minimum absolute atomic E-state index is 0.0121. The van der Waals surface area contributed by atoms with Crippen LogP contribution in [0.3, 0.4) is 0 Å². The molecule has 1 aromatic carbocycles. The summed E-state index contributed by atoms with van der Waals surface area (Å²) >= 11 is 0. The molecule has 1 aliphatic carbocycles. The van der Waals surface area contributed by atoms with Crippen molar-refractivity contribution in [2.75, 3.05) is 12.4 Å². The van der Waals surface area contributed by atoms with Gasteiger partial charge >= 0.3 is 6.03 Å². The van der Waals surface area contributed by atoms with Gasteiger partial charge in [-0.2, -0.15) is 0 Å². The molecule has 3 aliphatic rings. The second-order valence-corrected chi connectivity index (χ2v) is 13.6. The average Bonchev–Trinajstić information content (AvgIpc) is 3.40. The second kappa shape index (κ2) is 11.8. The number of aromatic nitrogens is 4. The van der Waals surface area contributed by atoms with Crippen LogP contribution in [0.1, 0.15) is 66.8 Å². The third-order valence-corrected chi connectivity index (χ3v) is 10.3. The Kier molecular flexibility index (Phi) is 7.54. The van der Waals surface area contributed by atoms with Gasteiger partial charge in [-0.1, -0.05) is 0 Å². The molecule has 3 amide bonds. The SMILES string of the molecule is COc1cc(C(=O)N2C3CC[C@@H]2[C@H](N)C3)cc2nc(-c3cc4ccc([C@@H](C)NC(=O)Nc5ccc(F)cc5F)nc4n3CC3CC3)c(C)n12. The van der Waals surface area contributed by atoms with E-state index in [1.165, 1.54) is 6.07 Å². The van der Waals surface area contributed by atoms with Gasteiger partial charge in [-0.05, 0) is 88.3 Å². The molecule has 0 spiro atoms. The van der Waals surface area contributed by atoms with Gasteiger partial charge in [-0.15, -0.1) is 0 Å². The number of carbonyl (C=O) groups is 2. The average molecular weight is 669 g/mol. The Bertz CT molecular complexity index is 2140. The summed E-state index contributed by atoms with van der Waals surface area (Å²) < 4.78 is 37.4. The number of nitrogens with one attached hydrogen (secondary N) is 2. The van der Waals surface area contributed by atoms with Crippen molar-refractivity contribution >= 4 is 34.3 Å². The lowest BCUT2D eigenvalue weighted by Crippen LogP contribution is -2.40. The highest BCUT2D eigenvalue weighted by atomic mass is 19.1. The normalized spacial score (nSPS) is 20.7. The molecule has 2 saturated heterocycles. The quantitative estimate of drug-likeness (QED) is 0.188. The van der Waals surface area contributed by atoms with Crippen LogP contribution in [-0.2, 0) is 6.54 Å². The van der Waals surface area contributed by atoms with Gasteiger partial charge in [-0.25, -0.2) is 23.5 Å². The van der Waals surface area contributed by atoms with Crippen LogP contribution in [0.2, 0.25) is 0 Å². The first kappa shape index (κ1) is 31.2. The first-order valence-corrected chi connectivity index (χ1v) is 16.8. The standard InChI is InChI=1S/C36H38F2N8O3/c1-18(40-36(48)42-28-10-7-23(37)15-25(28)38)27-9-6-21-12-30(44(34(21)41-27)17-20-4-5-20)33-19(2)45-31(43-33)13-22(14-32(45)49-3)35(47)46-24-8-11-29(46)26(39)16-24/h6-7,9-10,12-15,18,20,24,26,29H,4-5,8,11,16-17,39H2,1-3H3,(H2,40,42,48)/t18-,24?,26-,29-/m1/s1. The number of methoxy groups -OCH3 is 1. The topological polar surface area (TPSA) is 132 Å². The molecule has 4 N–H and O–H groups in total. The molecule has 13 heteroatoms. The second-order valence-electron chi connectivity index (χ2n) is 13.6. The van der Waals surface area contributed by atoms with Crippen molar-refractivity contribution < 1.29 is 23.1 Å². The highest BCUT2D eigenvalue weighted by molar-refractivity contribution is 5.97. The zero-order valence-electron chi connectivity index (χ0n) is 27.5. The number of nitrogens with zero attached hydrogens (tertiary/aromatic N) is 5. The number of nitrogens with two attached hydrogens (primary N) is 1. The third kappa shape index (κ3) is 5.45. The number of hydrogen-bond acceptors (Lipinski definition) is 6. The van der Waals surface area contributed by atoms with Gasteiger partial charge in [0, 0.05) is 47.8 Å². The molecule has 11 nitrogen and oxygen atoms in total. The Labute approximate surface area is 281 Å². The van der Waals surface area contributed by atoms with Crippen molar-refractivity contribution in [3.05, 3.63) is 77.1 Å². The zero-order valence-corrected chi connectivity index (χ0v) is 27.5. The number of ether oxygens (including phenoxy) is 1. The predicted octanol–water partition coefficient (Wildman–Crippen LogP) is 5.94. The number of carbonyl (C=O) groups excluding carboxylic acids is 2. The molecule has 6 heterocycles. The summed E-state index contributed by atoms with van der Waals surface area (Å²) in [6, 6.07) is 11.6. The van der Waals surface area contributed by atoms with Gasteiger partial charge in [0.1, 0.15) is 28.6 Å². The van der Waals surface area contributed by atoms with Crippen LogP contribution in [0.15, 0.2) is 48.5 Å². The van der Waals surface area contributed by atoms with Crippen molar-refractivity contribution in [1.29, 1.82) is 0 Å². The number of imidazole rings is 1. The fraction of sp³-hybridized carbons (Fsp3) is 0.389. The number of aryl methyl sites for hydroxylation is 1. The van der Waals surface area contributed by atoms with E-state index in [0.717, 1.165) is 72.8 Å². The molecular weight excluding hydrogens is 630 g/mol. The molecule has 2 aliphatic heterocycles. The molecule has 0 radical (unpaired) electrons. The molecule has 1 saturated carbocycles. The van der Waals surface area contributed by atoms with E-state index in [1.807, 2.05) is 34.4 Å². The van der Waals surface area contributed by atoms with Crippen LogP contribution in [0.25, 0.3) is 28.1 Å². The molecule has 254 valence electrons. The number of benzene rings is 1. The third-order valence-electron chi connectivity index (χ3n) is 10.3. The number of hydrogen-bond donors (Lipinski definition) is 3. The summed E-state index contributed by atoms with van der Waals surface area (Å²) in [5.74, 6) is -0.585. The summed E-state index contributed by atoms with van der Waals surface area (Å²) in [5.41, 5.74) is 11.3. The Hall–Kier alpha value is -5.04. The van der Waals surface area contributed by atoms with E-state index < -0.39 is 23.7 Å². The summed E-state index contributed by atoms with van der Waals surface area (Å²) in [6.07, 6.45) is 5.00. The lowest BCUT2D eigenvalue weighted by Gasteiger charge is -2.23. The largest absolute Gasteiger partial charge is 0.482 e. The number of halogens is 2. The minimum atomic E-state index is -0.862. The number of rotatable bonds is 8. The lowest BCUT2D eigenvalue weighted by atomic mass is 9.97. The van der Waals surface area contributed by atoms with Crippen molar-refractivity contribution in [2.45, 2.75) is 76.7 Å². The molecule has 3 fully saturated rings. The van der Waals surface area contributed by atoms with E-state index in [-0.39, 0.29) is 29.7 Å². The summed E-state index contributed by atoms with van der Waals surface area (Å²) in [4.78, 5) is 38.5. The smallest absolute Gasteiger partial charge is 0.319 e. The summed E-state index contributed by atoms with van der Waals surface area (Å²) in [6.45, 7) is 4.54. The number of amides is 3. The number of anilines is 1. The first-order chi connectivity index (χ1) is 23.6. The van der Waals surface area contributed by atoms with Gasteiger partial charge in [0.25, 0.3) is 5.91 Å². The Morgan fingerprint density at radius 3 is 2.57 bits per heavy atom. The van der Waals surface area contributed by atoms with Gasteiger partial charge in [0.05, 0.1) is 35.9 Å². The fourth-order valence-corrected chi connectivity index (χ4v) is 7.64. The molecule has 2 bridgehead atoms. The van der Waals surface area contributed by atoms with Crippen LogP contribution in [-0.4, -0.2) is 61.0 Å². The lowest BCUT2D eigenvalue weighted by molar-refractivity contribution is 0.0726. The summed E-state index contributed by atoms with van der Waals surface area (Å²) in [5, 5.41) is 6.16. The summed E-state index contributed by atoms with van der Waals surface area (Å²) in [7, 11) is 1.60. The van der Waals surface area contributed by atoms with E-state index in [9.17, 15) is 18.4 Å². The number of pyridine rings is 2. The van der Waals surface area contributed by atoms with E-state index in [1.54, 1.807) is 20.1 Å². The monoisotopic (exact) mass is 668 g/mol. The zero-order chi connectivity index (χ0) is 34.1. The molecule has 4 atom stereocenters. The molecular formula is C36H38F2N8O3. The van der Waals surface area contributed by atoms with Crippen molar-refractivity contribution in [3.63, 3.8) is 0 Å². The van der Waals surface area contributed by atoms with Gasteiger partial charge in [0.15, 0.2) is 5.88 Å². The van der Waals surface area contributed by atoms with Crippen LogP contribution in [0.5, 0.6) is 5.88 Å². The van der Waals surface area contributed by atoms with Crippen LogP contribution in [0.4, 0.5) is 19.3 Å². The van der Waals surface area contributed by atoms with E-state index in [0.29, 0.717) is 34.8 Å². The Morgan fingerprint density at radius 1 is 1.06 bits per heavy atom. The van der Waals surface area contributed by atoms with Crippen molar-refractivity contribution in [3.8, 4) is 17.3 Å². The predicted molar refractivity (Wildman–Crippen MR) is 180 cm³/mol. The van der Waals surface area contributed by atoms with E-state index in [4.69, 9.17) is 20.4 Å². The van der Waals surface area contributed by atoms with Crippen LogP contribution in [0, 0.1) is 24.5 Å². The Morgan fingerprint density at radius 2 is 1.88 bits per heavy atom. The maximum Gasteiger partial charge on any atom is 0.319 e.